The molecular weight excluding hydrogens is 923 g/mol. The molecule has 0 bridgehead atoms. The Labute approximate surface area is 458 Å². The predicted molar refractivity (Wildman–Crippen MR) is 314 cm³/mol. The Morgan fingerprint density at radius 1 is 0.446 bits per heavy atom. The summed E-state index contributed by atoms with van der Waals surface area (Å²) in [5, 5.41) is 54.6. The molecule has 0 spiro atoms. The van der Waals surface area contributed by atoms with E-state index in [1.807, 2.05) is 6.08 Å². The summed E-state index contributed by atoms with van der Waals surface area (Å²) in [6.45, 7) is 3.83. The summed E-state index contributed by atoms with van der Waals surface area (Å²) < 4.78 is 11.3. The van der Waals surface area contributed by atoms with Crippen molar-refractivity contribution in [2.45, 2.75) is 384 Å². The van der Waals surface area contributed by atoms with Crippen LogP contribution in [-0.2, 0) is 14.3 Å². The summed E-state index contributed by atoms with van der Waals surface area (Å²) in [4.78, 5) is 13.1. The van der Waals surface area contributed by atoms with Gasteiger partial charge in [-0.2, -0.15) is 0 Å². The van der Waals surface area contributed by atoms with Gasteiger partial charge in [0.05, 0.1) is 25.4 Å². The maximum Gasteiger partial charge on any atom is 0.220 e. The van der Waals surface area contributed by atoms with Crippen molar-refractivity contribution < 1.29 is 39.8 Å². The zero-order valence-electron chi connectivity index (χ0n) is 49.1. The summed E-state index contributed by atoms with van der Waals surface area (Å²) in [5.74, 6) is -0.168. The van der Waals surface area contributed by atoms with Gasteiger partial charge in [-0.15, -0.1) is 0 Å². The van der Waals surface area contributed by atoms with E-state index in [1.54, 1.807) is 6.08 Å². The molecule has 0 aromatic rings. The summed E-state index contributed by atoms with van der Waals surface area (Å²) in [5.41, 5.74) is 0. The van der Waals surface area contributed by atoms with E-state index in [0.29, 0.717) is 6.42 Å². The van der Waals surface area contributed by atoms with E-state index in [4.69, 9.17) is 9.47 Å². The molecule has 0 aliphatic carbocycles. The van der Waals surface area contributed by atoms with E-state index in [2.05, 4.69) is 19.2 Å². The number of hydrogen-bond acceptors (Lipinski definition) is 8. The second kappa shape index (κ2) is 55.3. The fourth-order valence-corrected chi connectivity index (χ4v) is 10.9. The SMILES string of the molecule is CCCCCCCCCCCCCCCCCC/C=C/C(O)C(COC1OC(CO)C(O)C(O)C1O)NC(=O)CCCCCCCCCCCCCCCCCCCCCCCCCCCCCCCCCCC. The fourth-order valence-electron chi connectivity index (χ4n) is 10.9. The third-order valence-electron chi connectivity index (χ3n) is 16.1. The minimum atomic E-state index is -1.56. The Morgan fingerprint density at radius 2 is 0.743 bits per heavy atom. The lowest BCUT2D eigenvalue weighted by Gasteiger charge is -2.40. The molecule has 1 saturated heterocycles. The number of amides is 1. The van der Waals surface area contributed by atoms with Gasteiger partial charge in [0.2, 0.25) is 5.91 Å². The van der Waals surface area contributed by atoms with Crippen LogP contribution in [0.1, 0.15) is 341 Å². The number of hydrogen-bond donors (Lipinski definition) is 6. The van der Waals surface area contributed by atoms with Crippen molar-refractivity contribution in [1.82, 2.24) is 5.32 Å². The molecule has 1 fully saturated rings. The molecule has 7 atom stereocenters. The van der Waals surface area contributed by atoms with Gasteiger partial charge >= 0.3 is 0 Å². The van der Waals surface area contributed by atoms with E-state index < -0.39 is 49.5 Å². The number of aliphatic hydroxyl groups is 5. The lowest BCUT2D eigenvalue weighted by molar-refractivity contribution is -0.302. The largest absolute Gasteiger partial charge is 0.394 e. The van der Waals surface area contributed by atoms with Crippen molar-refractivity contribution in [1.29, 1.82) is 0 Å². The van der Waals surface area contributed by atoms with E-state index in [0.717, 1.165) is 38.5 Å². The predicted octanol–water partition coefficient (Wildman–Crippen LogP) is 17.1. The van der Waals surface area contributed by atoms with Gasteiger partial charge in [-0.1, -0.05) is 328 Å². The topological polar surface area (TPSA) is 149 Å². The number of unbranched alkanes of at least 4 members (excludes halogenated alkanes) is 48. The molecule has 9 nitrogen and oxygen atoms in total. The lowest BCUT2D eigenvalue weighted by atomic mass is 9.99. The summed E-state index contributed by atoms with van der Waals surface area (Å²) >= 11 is 0. The smallest absolute Gasteiger partial charge is 0.220 e. The van der Waals surface area contributed by atoms with Gasteiger partial charge in [0.15, 0.2) is 6.29 Å². The zero-order valence-corrected chi connectivity index (χ0v) is 49.1. The standard InChI is InChI=1S/C65H127NO8/c1-3-5-7-9-11-13-15-17-19-21-23-24-25-26-27-28-29-30-31-32-33-34-35-36-37-39-41-43-45-47-49-51-53-55-61(69)66-58(57-73-65-64(72)63(71)62(70)60(56-67)74-65)59(68)54-52-50-48-46-44-42-40-38-22-20-18-16-14-12-10-8-6-4-2/h52,54,58-60,62-65,67-68,70-72H,3-51,53,55-57H2,1-2H3,(H,66,69)/b54-52+. The summed E-state index contributed by atoms with van der Waals surface area (Å²) in [6.07, 6.45) is 63.1. The normalized spacial score (nSPS) is 18.9. The van der Waals surface area contributed by atoms with Crippen LogP contribution >= 0.6 is 0 Å². The first-order valence-electron chi connectivity index (χ1n) is 32.9. The van der Waals surface area contributed by atoms with Gasteiger partial charge < -0.3 is 40.3 Å². The lowest BCUT2D eigenvalue weighted by Crippen LogP contribution is -2.60. The summed E-state index contributed by atoms with van der Waals surface area (Å²) in [6, 6.07) is -0.801. The van der Waals surface area contributed by atoms with E-state index in [1.165, 1.54) is 283 Å². The molecule has 1 aliphatic rings. The van der Waals surface area contributed by atoms with Crippen molar-refractivity contribution in [3.05, 3.63) is 12.2 Å². The van der Waals surface area contributed by atoms with Crippen LogP contribution in [0.5, 0.6) is 0 Å². The van der Waals surface area contributed by atoms with Gasteiger partial charge in [0.1, 0.15) is 24.4 Å². The molecular formula is C65H127NO8. The van der Waals surface area contributed by atoms with E-state index >= 15 is 0 Å². The van der Waals surface area contributed by atoms with Crippen molar-refractivity contribution in [2.24, 2.45) is 0 Å². The number of aliphatic hydroxyl groups excluding tert-OH is 5. The highest BCUT2D eigenvalue weighted by molar-refractivity contribution is 5.76. The van der Waals surface area contributed by atoms with Crippen molar-refractivity contribution >= 4 is 5.91 Å². The molecule has 440 valence electrons. The molecule has 0 aromatic carbocycles. The van der Waals surface area contributed by atoms with Crippen LogP contribution in [0.2, 0.25) is 0 Å². The van der Waals surface area contributed by atoms with Crippen LogP contribution in [0.25, 0.3) is 0 Å². The highest BCUT2D eigenvalue weighted by atomic mass is 16.7. The molecule has 1 aliphatic heterocycles. The highest BCUT2D eigenvalue weighted by Gasteiger charge is 2.44. The van der Waals surface area contributed by atoms with Crippen molar-refractivity contribution in [2.75, 3.05) is 13.2 Å². The molecule has 0 saturated carbocycles. The van der Waals surface area contributed by atoms with E-state index in [-0.39, 0.29) is 12.5 Å². The highest BCUT2D eigenvalue weighted by Crippen LogP contribution is 2.23. The fraction of sp³-hybridized carbons (Fsp3) is 0.954. The molecule has 0 aromatic heterocycles. The van der Waals surface area contributed by atoms with Crippen LogP contribution < -0.4 is 5.32 Å². The Balaban J connectivity index is 2.09. The maximum atomic E-state index is 13.1. The number of allylic oxidation sites excluding steroid dienone is 1. The Hall–Kier alpha value is -1.07. The Morgan fingerprint density at radius 3 is 1.05 bits per heavy atom. The monoisotopic (exact) mass is 1050 g/mol. The second-order valence-corrected chi connectivity index (χ2v) is 23.3. The van der Waals surface area contributed by atoms with Crippen LogP contribution in [0.15, 0.2) is 12.2 Å². The van der Waals surface area contributed by atoms with Crippen LogP contribution in [0.3, 0.4) is 0 Å². The van der Waals surface area contributed by atoms with Gasteiger partial charge in [-0.25, -0.2) is 0 Å². The molecule has 1 rings (SSSR count). The number of nitrogens with one attached hydrogen (secondary N) is 1. The van der Waals surface area contributed by atoms with Crippen LogP contribution in [-0.4, -0.2) is 87.5 Å². The van der Waals surface area contributed by atoms with Crippen LogP contribution in [0.4, 0.5) is 0 Å². The van der Waals surface area contributed by atoms with Gasteiger partial charge in [0, 0.05) is 6.42 Å². The Bertz CT molecular complexity index is 1170. The van der Waals surface area contributed by atoms with Gasteiger partial charge in [0.25, 0.3) is 0 Å². The first-order chi connectivity index (χ1) is 36.3. The second-order valence-electron chi connectivity index (χ2n) is 23.3. The molecule has 7 unspecified atom stereocenters. The molecule has 74 heavy (non-hydrogen) atoms. The van der Waals surface area contributed by atoms with Gasteiger partial charge in [-0.05, 0) is 19.3 Å². The number of ether oxygens (including phenoxy) is 2. The average Bonchev–Trinajstić information content (AvgIpc) is 3.40. The quantitative estimate of drug-likeness (QED) is 0.0261. The number of carbonyl (C=O) groups is 1. The van der Waals surface area contributed by atoms with E-state index in [9.17, 15) is 30.3 Å². The molecule has 1 amide bonds. The van der Waals surface area contributed by atoms with Crippen molar-refractivity contribution in [3.63, 3.8) is 0 Å². The molecule has 1 heterocycles. The minimum absolute atomic E-state index is 0.168. The average molecular weight is 1050 g/mol. The van der Waals surface area contributed by atoms with Gasteiger partial charge in [-0.3, -0.25) is 4.79 Å². The first-order valence-corrected chi connectivity index (χ1v) is 32.9. The molecule has 6 N–H and O–H groups in total. The van der Waals surface area contributed by atoms with Crippen molar-refractivity contribution in [3.8, 4) is 0 Å². The Kier molecular flexibility index (Phi) is 53.0. The number of rotatable bonds is 58. The maximum absolute atomic E-state index is 13.1. The first kappa shape index (κ1) is 70.9. The molecule has 9 heteroatoms. The number of carbonyl (C=O) groups excluding carboxylic acids is 1. The molecule has 0 radical (unpaired) electrons. The zero-order chi connectivity index (χ0) is 53.6. The minimum Gasteiger partial charge on any atom is -0.394 e. The third kappa shape index (κ3) is 43.9. The van der Waals surface area contributed by atoms with Crippen LogP contribution in [0, 0.1) is 0 Å². The summed E-state index contributed by atoms with van der Waals surface area (Å²) in [7, 11) is 0. The third-order valence-corrected chi connectivity index (χ3v) is 16.1.